The van der Waals surface area contributed by atoms with Crippen LogP contribution >= 0.6 is 11.8 Å². The molecule has 0 bridgehead atoms. The first-order valence-corrected chi connectivity index (χ1v) is 11.2. The zero-order chi connectivity index (χ0) is 25.6. The second kappa shape index (κ2) is 11.6. The van der Waals surface area contributed by atoms with Crippen LogP contribution in [0.5, 0.6) is 0 Å². The Bertz CT molecular complexity index is 790. The molecule has 1 aromatic heterocycles. The molecule has 3 aliphatic rings. The van der Waals surface area contributed by atoms with E-state index in [-0.39, 0.29) is 0 Å². The average Bonchev–Trinajstić information content (AvgIpc) is 3.43. The molecule has 1 aromatic rings. The van der Waals surface area contributed by atoms with Gasteiger partial charge in [-0.25, -0.2) is 9.59 Å². The number of carboxylic acid groups (broad SMARTS) is 2. The van der Waals surface area contributed by atoms with E-state index in [4.69, 9.17) is 24.5 Å². The number of aromatic nitrogens is 1. The zero-order valence-corrected chi connectivity index (χ0v) is 18.6. The summed E-state index contributed by atoms with van der Waals surface area (Å²) in [4.78, 5) is 24.6. The van der Waals surface area contributed by atoms with E-state index >= 15 is 0 Å². The summed E-state index contributed by atoms with van der Waals surface area (Å²) in [6.07, 6.45) is -1.85. The molecule has 1 aliphatic carbocycles. The molecule has 34 heavy (non-hydrogen) atoms. The molecule has 3 fully saturated rings. The quantitative estimate of drug-likeness (QED) is 0.568. The molecular weight excluding hydrogens is 494 g/mol. The Balaban J connectivity index is 0.000000244. The molecule has 0 amide bonds. The van der Waals surface area contributed by atoms with Crippen molar-refractivity contribution in [2.45, 2.75) is 49.1 Å². The van der Waals surface area contributed by atoms with Gasteiger partial charge in [0, 0.05) is 42.5 Å². The number of nitrogens with zero attached hydrogens (tertiary/aromatic N) is 2. The number of hydrogen-bond donors (Lipinski definition) is 2. The molecule has 2 N–H and O–H groups in total. The minimum atomic E-state index is -5.08. The highest BCUT2D eigenvalue weighted by atomic mass is 32.2. The summed E-state index contributed by atoms with van der Waals surface area (Å²) in [5.74, 6) is -3.33. The Hall–Kier alpha value is -2.06. The van der Waals surface area contributed by atoms with E-state index in [1.54, 1.807) is 0 Å². The monoisotopic (exact) mass is 518 g/mol. The van der Waals surface area contributed by atoms with Crippen LogP contribution in [-0.4, -0.2) is 80.6 Å². The lowest BCUT2D eigenvalue weighted by Gasteiger charge is -2.47. The largest absolute Gasteiger partial charge is 0.490 e. The van der Waals surface area contributed by atoms with Crippen molar-refractivity contribution in [1.29, 1.82) is 0 Å². The van der Waals surface area contributed by atoms with E-state index in [2.05, 4.69) is 27.7 Å². The van der Waals surface area contributed by atoms with Crippen molar-refractivity contribution in [3.63, 3.8) is 0 Å². The highest BCUT2D eigenvalue weighted by Crippen LogP contribution is 2.47. The summed E-state index contributed by atoms with van der Waals surface area (Å²) in [6, 6.07) is 4.07. The fourth-order valence-electron chi connectivity index (χ4n) is 3.39. The second-order valence-electron chi connectivity index (χ2n) is 8.21. The number of carbonyl (C=O) groups is 2. The van der Waals surface area contributed by atoms with E-state index in [1.807, 2.05) is 18.5 Å². The normalized spacial score (nSPS) is 21.5. The molecule has 1 unspecified atom stereocenters. The number of likely N-dealkylation sites (tertiary alicyclic amines) is 1. The van der Waals surface area contributed by atoms with Crippen molar-refractivity contribution in [3.05, 3.63) is 30.1 Å². The smallest absolute Gasteiger partial charge is 0.475 e. The van der Waals surface area contributed by atoms with E-state index in [0.717, 1.165) is 11.7 Å². The van der Waals surface area contributed by atoms with Gasteiger partial charge in [0.1, 0.15) is 0 Å². The van der Waals surface area contributed by atoms with Crippen LogP contribution in [0.15, 0.2) is 24.5 Å². The number of thioether (sulfide) groups is 1. The van der Waals surface area contributed by atoms with Crippen LogP contribution in [0, 0.1) is 5.92 Å². The van der Waals surface area contributed by atoms with Crippen LogP contribution in [-0.2, 0) is 20.9 Å². The van der Waals surface area contributed by atoms with Crippen molar-refractivity contribution in [2.75, 3.05) is 25.4 Å². The molecule has 1 atom stereocenters. The number of alkyl halides is 6. The number of carboxylic acids is 2. The lowest BCUT2D eigenvalue weighted by atomic mass is 9.92. The number of halogens is 6. The fourth-order valence-corrected chi connectivity index (χ4v) is 5.00. The average molecular weight is 518 g/mol. The molecule has 0 aromatic carbocycles. The third-order valence-corrected chi connectivity index (χ3v) is 6.68. The number of aliphatic carboxylic acids is 2. The maximum atomic E-state index is 10.6. The van der Waals surface area contributed by atoms with Crippen LogP contribution < -0.4 is 0 Å². The van der Waals surface area contributed by atoms with E-state index < -0.39 is 24.3 Å². The summed E-state index contributed by atoms with van der Waals surface area (Å²) in [5.41, 5.74) is 1.18. The van der Waals surface area contributed by atoms with Crippen LogP contribution in [0.3, 0.4) is 0 Å². The maximum Gasteiger partial charge on any atom is 0.490 e. The fraction of sp³-hybridized carbons (Fsp3) is 0.650. The van der Waals surface area contributed by atoms with Gasteiger partial charge in [0.15, 0.2) is 0 Å². The van der Waals surface area contributed by atoms with Crippen molar-refractivity contribution < 1.29 is 50.9 Å². The minimum Gasteiger partial charge on any atom is -0.475 e. The van der Waals surface area contributed by atoms with Gasteiger partial charge in [-0.15, -0.1) is 11.8 Å². The van der Waals surface area contributed by atoms with Crippen LogP contribution in [0.4, 0.5) is 26.3 Å². The van der Waals surface area contributed by atoms with Crippen LogP contribution in [0.25, 0.3) is 0 Å². The SMILES string of the molecule is O=C(O)C(F)(F)F.O=C(O)C(F)(F)F.c1cncc(COC2CSC3(C2)CN(CC2CC2)C3)c1. The van der Waals surface area contributed by atoms with Gasteiger partial charge in [0.05, 0.1) is 12.7 Å². The van der Waals surface area contributed by atoms with Crippen molar-refractivity contribution in [1.82, 2.24) is 9.88 Å². The first kappa shape index (κ1) is 28.2. The summed E-state index contributed by atoms with van der Waals surface area (Å²) in [6.45, 7) is 4.65. The lowest BCUT2D eigenvalue weighted by molar-refractivity contribution is -0.193. The van der Waals surface area contributed by atoms with Gasteiger partial charge in [0.2, 0.25) is 0 Å². The minimum absolute atomic E-state index is 0.434. The predicted molar refractivity (Wildman–Crippen MR) is 109 cm³/mol. The molecule has 1 saturated carbocycles. The molecule has 192 valence electrons. The highest BCUT2D eigenvalue weighted by molar-refractivity contribution is 8.01. The Morgan fingerprint density at radius 1 is 1.12 bits per heavy atom. The van der Waals surface area contributed by atoms with E-state index in [9.17, 15) is 26.3 Å². The zero-order valence-electron chi connectivity index (χ0n) is 17.8. The van der Waals surface area contributed by atoms with Crippen LogP contribution in [0.1, 0.15) is 24.8 Å². The van der Waals surface area contributed by atoms with Gasteiger partial charge in [-0.05, 0) is 36.8 Å². The highest BCUT2D eigenvalue weighted by Gasteiger charge is 2.50. The number of hydrogen-bond acceptors (Lipinski definition) is 6. The Morgan fingerprint density at radius 3 is 2.12 bits per heavy atom. The molecule has 2 saturated heterocycles. The van der Waals surface area contributed by atoms with Crippen molar-refractivity contribution in [2.24, 2.45) is 5.92 Å². The molecule has 14 heteroatoms. The third-order valence-electron chi connectivity index (χ3n) is 5.11. The molecule has 4 rings (SSSR count). The topological polar surface area (TPSA) is 100.0 Å². The maximum absolute atomic E-state index is 10.6. The molecule has 3 heterocycles. The Morgan fingerprint density at radius 2 is 1.68 bits per heavy atom. The summed E-state index contributed by atoms with van der Waals surface area (Å²) >= 11 is 2.14. The summed E-state index contributed by atoms with van der Waals surface area (Å²) in [7, 11) is 0. The van der Waals surface area contributed by atoms with Gasteiger partial charge in [-0.1, -0.05) is 6.07 Å². The molecule has 0 radical (unpaired) electrons. The van der Waals surface area contributed by atoms with Gasteiger partial charge in [-0.3, -0.25) is 4.98 Å². The molecule has 7 nitrogen and oxygen atoms in total. The number of ether oxygens (including phenoxy) is 1. The van der Waals surface area contributed by atoms with E-state index in [0.29, 0.717) is 17.5 Å². The predicted octanol–water partition coefficient (Wildman–Crippen LogP) is 3.83. The molecule has 1 spiro atoms. The standard InChI is InChI=1S/C16H22N2OS.2C2HF3O2/c1-2-14(7-17-5-1)9-19-15-6-16(20-10-15)11-18(12-16)8-13-3-4-13;2*3-2(4,5)1(6)7/h1-2,5,7,13,15H,3-4,6,8-12H2;2*(H,6,7). The first-order chi connectivity index (χ1) is 15.7. The van der Waals surface area contributed by atoms with Crippen LogP contribution in [0.2, 0.25) is 0 Å². The lowest BCUT2D eigenvalue weighted by Crippen LogP contribution is -2.59. The van der Waals surface area contributed by atoms with E-state index in [1.165, 1.54) is 44.5 Å². The number of rotatable bonds is 5. The van der Waals surface area contributed by atoms with Gasteiger partial charge >= 0.3 is 24.3 Å². The first-order valence-electron chi connectivity index (χ1n) is 10.2. The third kappa shape index (κ3) is 9.66. The van der Waals surface area contributed by atoms with Crippen molar-refractivity contribution in [3.8, 4) is 0 Å². The van der Waals surface area contributed by atoms with Gasteiger partial charge < -0.3 is 19.8 Å². The van der Waals surface area contributed by atoms with Gasteiger partial charge in [0.25, 0.3) is 0 Å². The summed E-state index contributed by atoms with van der Waals surface area (Å²) < 4.78 is 70.1. The van der Waals surface area contributed by atoms with Crippen molar-refractivity contribution >= 4 is 23.7 Å². The molecular formula is C20H24F6N2O5S. The second-order valence-corrected chi connectivity index (χ2v) is 9.70. The number of pyridine rings is 1. The molecule has 2 aliphatic heterocycles. The summed E-state index contributed by atoms with van der Waals surface area (Å²) in [5, 5.41) is 14.2. The Kier molecular flexibility index (Phi) is 9.60. The Labute approximate surface area is 195 Å². The van der Waals surface area contributed by atoms with Gasteiger partial charge in [-0.2, -0.15) is 26.3 Å².